The number of rotatable bonds is 4. The van der Waals surface area contributed by atoms with Gasteiger partial charge in [-0.3, -0.25) is 0 Å². The van der Waals surface area contributed by atoms with Crippen LogP contribution >= 0.6 is 0 Å². The average Bonchev–Trinajstić information content (AvgIpc) is 2.80. The van der Waals surface area contributed by atoms with Gasteiger partial charge in [-0.25, -0.2) is 8.78 Å². The fourth-order valence-corrected chi connectivity index (χ4v) is 2.39. The van der Waals surface area contributed by atoms with Crippen LogP contribution in [-0.2, 0) is 16.1 Å². The second-order valence-electron chi connectivity index (χ2n) is 4.52. The Morgan fingerprint density at radius 1 is 1.16 bits per heavy atom. The van der Waals surface area contributed by atoms with Crippen LogP contribution in [0.4, 0.5) is 14.5 Å². The molecule has 0 amide bonds. The number of hydrogen-bond donors (Lipinski definition) is 1. The molecule has 106 valence electrons. The highest BCUT2D eigenvalue weighted by Crippen LogP contribution is 2.29. The Hall–Kier alpha value is -1.24. The quantitative estimate of drug-likeness (QED) is 0.898. The van der Waals surface area contributed by atoms with Gasteiger partial charge in [-0.05, 0) is 17.7 Å². The van der Waals surface area contributed by atoms with Gasteiger partial charge in [0.2, 0.25) is 0 Å². The Morgan fingerprint density at radius 3 is 2.00 bits per heavy atom. The lowest BCUT2D eigenvalue weighted by Gasteiger charge is -2.20. The predicted octanol–water partition coefficient (Wildman–Crippen LogP) is 1.31. The first kappa shape index (κ1) is 14.2. The van der Waals surface area contributed by atoms with Gasteiger partial charge >= 0.3 is 0 Å². The maximum Gasteiger partial charge on any atom is 0.149 e. The lowest BCUT2D eigenvalue weighted by atomic mass is 10.2. The monoisotopic (exact) mass is 273 g/mol. The van der Waals surface area contributed by atoms with Crippen LogP contribution in [0.3, 0.4) is 0 Å². The summed E-state index contributed by atoms with van der Waals surface area (Å²) in [7, 11) is 3.09. The zero-order valence-electron chi connectivity index (χ0n) is 10.9. The molecule has 2 atom stereocenters. The lowest BCUT2D eigenvalue weighted by molar-refractivity contribution is -0.00461. The van der Waals surface area contributed by atoms with E-state index in [2.05, 4.69) is 0 Å². The van der Waals surface area contributed by atoms with E-state index in [9.17, 15) is 8.78 Å². The van der Waals surface area contributed by atoms with Crippen LogP contribution in [0.2, 0.25) is 0 Å². The van der Waals surface area contributed by atoms with Crippen LogP contribution in [0.5, 0.6) is 0 Å². The van der Waals surface area contributed by atoms with Gasteiger partial charge in [-0.1, -0.05) is 0 Å². The summed E-state index contributed by atoms with van der Waals surface area (Å²) in [4.78, 5) is 1.56. The second kappa shape index (κ2) is 5.81. The molecule has 1 aromatic rings. The molecular formula is C13H17F2NO3. The van der Waals surface area contributed by atoms with E-state index >= 15 is 0 Å². The topological polar surface area (TPSA) is 41.9 Å². The summed E-state index contributed by atoms with van der Waals surface area (Å²) in [5, 5.41) is 8.92. The highest BCUT2D eigenvalue weighted by Gasteiger charge is 2.35. The standard InChI is InChI=1S/C13H17F2NO3/c1-18-11-5-16(6-12(11)19-2)13-9(14)3-8(7-17)4-10(13)15/h3-4,11-12,17H,5-7H2,1-2H3. The van der Waals surface area contributed by atoms with Crippen molar-refractivity contribution in [2.45, 2.75) is 18.8 Å². The van der Waals surface area contributed by atoms with Crippen molar-refractivity contribution in [1.29, 1.82) is 0 Å². The first-order chi connectivity index (χ1) is 9.10. The van der Waals surface area contributed by atoms with Crippen LogP contribution < -0.4 is 4.90 Å². The maximum atomic E-state index is 13.9. The van der Waals surface area contributed by atoms with Crippen molar-refractivity contribution >= 4 is 5.69 Å². The normalized spacial score (nSPS) is 23.1. The number of ether oxygens (including phenoxy) is 2. The molecule has 1 fully saturated rings. The summed E-state index contributed by atoms with van der Waals surface area (Å²) in [6.07, 6.45) is -0.442. The first-order valence-corrected chi connectivity index (χ1v) is 6.00. The van der Waals surface area contributed by atoms with E-state index in [1.807, 2.05) is 0 Å². The third kappa shape index (κ3) is 2.70. The van der Waals surface area contributed by atoms with Crippen LogP contribution in [0, 0.1) is 11.6 Å². The number of aliphatic hydroxyl groups excluding tert-OH is 1. The molecule has 2 rings (SSSR count). The number of halogens is 2. The molecule has 6 heteroatoms. The molecule has 19 heavy (non-hydrogen) atoms. The first-order valence-electron chi connectivity index (χ1n) is 6.00. The Morgan fingerprint density at radius 2 is 1.63 bits per heavy atom. The maximum absolute atomic E-state index is 13.9. The van der Waals surface area contributed by atoms with E-state index in [0.717, 1.165) is 12.1 Å². The Bertz CT molecular complexity index is 421. The van der Waals surface area contributed by atoms with Gasteiger partial charge in [0.25, 0.3) is 0 Å². The third-order valence-electron chi connectivity index (χ3n) is 3.40. The van der Waals surface area contributed by atoms with Crippen molar-refractivity contribution in [3.8, 4) is 0 Å². The summed E-state index contributed by atoms with van der Waals surface area (Å²) in [6, 6.07) is 2.28. The fraction of sp³-hybridized carbons (Fsp3) is 0.538. The molecule has 1 aliphatic heterocycles. The van der Waals surface area contributed by atoms with E-state index < -0.39 is 18.2 Å². The molecule has 1 heterocycles. The molecule has 0 radical (unpaired) electrons. The fourth-order valence-electron chi connectivity index (χ4n) is 2.39. The summed E-state index contributed by atoms with van der Waals surface area (Å²) >= 11 is 0. The molecule has 0 aliphatic carbocycles. The molecule has 1 N–H and O–H groups in total. The zero-order valence-corrected chi connectivity index (χ0v) is 10.9. The summed E-state index contributed by atoms with van der Waals surface area (Å²) < 4.78 is 38.4. The summed E-state index contributed by atoms with van der Waals surface area (Å²) in [5.74, 6) is -1.37. The second-order valence-corrected chi connectivity index (χ2v) is 4.52. The Labute approximate surface area is 110 Å². The number of anilines is 1. The molecule has 0 bridgehead atoms. The van der Waals surface area contributed by atoms with Gasteiger partial charge in [-0.15, -0.1) is 0 Å². The van der Waals surface area contributed by atoms with E-state index in [4.69, 9.17) is 14.6 Å². The number of nitrogens with zero attached hydrogens (tertiary/aromatic N) is 1. The minimum absolute atomic E-state index is 0.0983. The highest BCUT2D eigenvalue weighted by atomic mass is 19.1. The lowest BCUT2D eigenvalue weighted by Crippen LogP contribution is -2.27. The van der Waals surface area contributed by atoms with Crippen molar-refractivity contribution in [1.82, 2.24) is 0 Å². The number of aliphatic hydroxyl groups is 1. The largest absolute Gasteiger partial charge is 0.392 e. The SMILES string of the molecule is COC1CN(c2c(F)cc(CO)cc2F)CC1OC. The summed E-state index contributed by atoms with van der Waals surface area (Å²) in [6.45, 7) is 0.331. The highest BCUT2D eigenvalue weighted by molar-refractivity contribution is 5.52. The average molecular weight is 273 g/mol. The Balaban J connectivity index is 2.28. The van der Waals surface area contributed by atoms with E-state index in [0.29, 0.717) is 13.1 Å². The smallest absolute Gasteiger partial charge is 0.149 e. The molecule has 0 spiro atoms. The van der Waals surface area contributed by atoms with Crippen molar-refractivity contribution in [2.75, 3.05) is 32.2 Å². The van der Waals surface area contributed by atoms with E-state index in [1.165, 1.54) is 0 Å². The van der Waals surface area contributed by atoms with Crippen LogP contribution in [0.25, 0.3) is 0 Å². The molecule has 1 saturated heterocycles. The molecular weight excluding hydrogens is 256 g/mol. The zero-order chi connectivity index (χ0) is 14.0. The molecule has 4 nitrogen and oxygen atoms in total. The van der Waals surface area contributed by atoms with Gasteiger partial charge < -0.3 is 19.5 Å². The van der Waals surface area contributed by atoms with Crippen molar-refractivity contribution in [3.63, 3.8) is 0 Å². The number of hydrogen-bond acceptors (Lipinski definition) is 4. The molecule has 0 aromatic heterocycles. The minimum atomic E-state index is -0.685. The van der Waals surface area contributed by atoms with Crippen LogP contribution in [0.15, 0.2) is 12.1 Å². The van der Waals surface area contributed by atoms with Crippen molar-refractivity contribution in [3.05, 3.63) is 29.3 Å². The number of methoxy groups -OCH3 is 2. The van der Waals surface area contributed by atoms with Crippen molar-refractivity contribution in [2.24, 2.45) is 0 Å². The summed E-state index contributed by atoms with van der Waals surface area (Å²) in [5.41, 5.74) is 0.114. The molecule has 1 aromatic carbocycles. The molecule has 1 aliphatic rings. The van der Waals surface area contributed by atoms with E-state index in [-0.39, 0.29) is 23.5 Å². The van der Waals surface area contributed by atoms with Gasteiger partial charge in [0, 0.05) is 27.3 Å². The Kier molecular flexibility index (Phi) is 4.34. The minimum Gasteiger partial charge on any atom is -0.392 e. The van der Waals surface area contributed by atoms with Crippen LogP contribution in [0.1, 0.15) is 5.56 Å². The molecule has 0 saturated carbocycles. The van der Waals surface area contributed by atoms with Gasteiger partial charge in [0.05, 0.1) is 6.61 Å². The van der Waals surface area contributed by atoms with Crippen LogP contribution in [-0.4, -0.2) is 44.6 Å². The van der Waals surface area contributed by atoms with Gasteiger partial charge in [0.1, 0.15) is 29.5 Å². The van der Waals surface area contributed by atoms with Gasteiger partial charge in [0.15, 0.2) is 0 Å². The van der Waals surface area contributed by atoms with E-state index in [1.54, 1.807) is 19.1 Å². The third-order valence-corrected chi connectivity index (χ3v) is 3.40. The molecule has 2 unspecified atom stereocenters. The van der Waals surface area contributed by atoms with Gasteiger partial charge in [-0.2, -0.15) is 0 Å². The predicted molar refractivity (Wildman–Crippen MR) is 66.1 cm³/mol. The van der Waals surface area contributed by atoms with Crippen molar-refractivity contribution < 1.29 is 23.4 Å². The number of benzene rings is 1.